The smallest absolute Gasteiger partial charge is 0.0635 e. The summed E-state index contributed by atoms with van der Waals surface area (Å²) in [7, 11) is 3.91. The van der Waals surface area contributed by atoms with E-state index in [0.717, 1.165) is 6.54 Å². The molecule has 0 saturated heterocycles. The van der Waals surface area contributed by atoms with E-state index >= 15 is 0 Å². The average molecular weight is 100 g/mol. The fraction of sp³-hybridized carbons (Fsp3) is 0.800. The average Bonchev–Trinajstić information content (AvgIpc) is 1.61. The Morgan fingerprint density at radius 1 is 1.57 bits per heavy atom. The SMILES string of the molecule is CN(C)CC[14C]#N. The van der Waals surface area contributed by atoms with Gasteiger partial charge in [0.2, 0.25) is 0 Å². The second-order valence-electron chi connectivity index (χ2n) is 1.71. The van der Waals surface area contributed by atoms with Crippen LogP contribution in [-0.2, 0) is 0 Å². The zero-order valence-corrected chi connectivity index (χ0v) is 4.81. The van der Waals surface area contributed by atoms with Crippen LogP contribution in [0.2, 0.25) is 0 Å². The predicted octanol–water partition coefficient (Wildman–Crippen LogP) is 0.462. The first-order chi connectivity index (χ1) is 3.27. The van der Waals surface area contributed by atoms with Crippen molar-refractivity contribution in [2.45, 2.75) is 6.42 Å². The van der Waals surface area contributed by atoms with Gasteiger partial charge < -0.3 is 4.90 Å². The maximum absolute atomic E-state index is 8.04. The van der Waals surface area contributed by atoms with E-state index in [1.54, 1.807) is 0 Å². The Morgan fingerprint density at radius 2 is 2.14 bits per heavy atom. The molecule has 0 amide bonds. The molecule has 0 N–H and O–H groups in total. The zero-order chi connectivity index (χ0) is 5.70. The molecule has 0 heterocycles. The number of hydrogen-bond acceptors (Lipinski definition) is 2. The van der Waals surface area contributed by atoms with Crippen LogP contribution < -0.4 is 0 Å². The van der Waals surface area contributed by atoms with Crippen LogP contribution in [0.5, 0.6) is 0 Å². The van der Waals surface area contributed by atoms with Crippen molar-refractivity contribution in [3.63, 3.8) is 0 Å². The van der Waals surface area contributed by atoms with Crippen molar-refractivity contribution in [3.05, 3.63) is 0 Å². The van der Waals surface area contributed by atoms with Crippen molar-refractivity contribution in [1.82, 2.24) is 4.90 Å². The summed E-state index contributed by atoms with van der Waals surface area (Å²) < 4.78 is 0. The molecule has 7 heavy (non-hydrogen) atoms. The lowest BCUT2D eigenvalue weighted by atomic mass is 10.6. The van der Waals surface area contributed by atoms with Crippen molar-refractivity contribution in [3.8, 4) is 6.07 Å². The third-order valence-corrected chi connectivity index (χ3v) is 0.671. The lowest BCUT2D eigenvalue weighted by Crippen LogP contribution is -2.11. The van der Waals surface area contributed by atoms with Crippen LogP contribution in [0.3, 0.4) is 0 Å². The Hall–Kier alpha value is -0.550. The fourth-order valence-electron chi connectivity index (χ4n) is 0.274. The van der Waals surface area contributed by atoms with Gasteiger partial charge in [-0.15, -0.1) is 0 Å². The molecule has 0 rings (SSSR count). The summed E-state index contributed by atoms with van der Waals surface area (Å²) >= 11 is 0. The van der Waals surface area contributed by atoms with Gasteiger partial charge in [-0.05, 0) is 14.1 Å². The van der Waals surface area contributed by atoms with Gasteiger partial charge in [0, 0.05) is 13.0 Å². The Labute approximate surface area is 44.4 Å². The van der Waals surface area contributed by atoms with Crippen molar-refractivity contribution < 1.29 is 0 Å². The minimum Gasteiger partial charge on any atom is -0.308 e. The normalized spacial score (nSPS) is 8.86. The van der Waals surface area contributed by atoms with E-state index in [9.17, 15) is 0 Å². The highest BCUT2D eigenvalue weighted by atomic mass is 15.1. The van der Waals surface area contributed by atoms with E-state index in [1.165, 1.54) is 0 Å². The van der Waals surface area contributed by atoms with Crippen LogP contribution in [0.1, 0.15) is 6.42 Å². The topological polar surface area (TPSA) is 27.0 Å². The molecule has 0 aromatic carbocycles. The molecule has 0 unspecified atom stereocenters. The number of rotatable bonds is 2. The number of nitrogens with zero attached hydrogens (tertiary/aromatic N) is 2. The lowest BCUT2D eigenvalue weighted by Gasteiger charge is -2.02. The Kier molecular flexibility index (Phi) is 3.35. The molecule has 0 fully saturated rings. The molecule has 0 saturated carbocycles. The van der Waals surface area contributed by atoms with Gasteiger partial charge in [0.25, 0.3) is 0 Å². The molecule has 0 aliphatic carbocycles. The third kappa shape index (κ3) is 5.45. The minimum absolute atomic E-state index is 0.632. The van der Waals surface area contributed by atoms with Crippen LogP contribution in [0, 0.1) is 11.3 Å². The molecule has 2 heteroatoms. The number of hydrogen-bond donors (Lipinski definition) is 0. The standard InChI is InChI=1S/C5H10N2/c1-7(2)5-3-4-6/h3,5H2,1-2H3/i4+2. The molecule has 0 spiro atoms. The van der Waals surface area contributed by atoms with Gasteiger partial charge in [-0.3, -0.25) is 0 Å². The monoisotopic (exact) mass is 100 g/mol. The summed E-state index contributed by atoms with van der Waals surface area (Å²) in [6.45, 7) is 0.872. The van der Waals surface area contributed by atoms with Gasteiger partial charge in [-0.2, -0.15) is 5.26 Å². The molecule has 40 valence electrons. The summed E-state index contributed by atoms with van der Waals surface area (Å²) in [6.07, 6.45) is 0.632. The molecule has 0 atom stereocenters. The second kappa shape index (κ2) is 3.63. The first-order valence-corrected chi connectivity index (χ1v) is 2.29. The summed E-state index contributed by atoms with van der Waals surface area (Å²) in [5, 5.41) is 8.04. The summed E-state index contributed by atoms with van der Waals surface area (Å²) in [4.78, 5) is 1.99. The molecule has 0 aromatic heterocycles. The van der Waals surface area contributed by atoms with Crippen LogP contribution in [0.25, 0.3) is 0 Å². The molecule has 0 radical (unpaired) electrons. The molecule has 0 bridgehead atoms. The van der Waals surface area contributed by atoms with E-state index in [-0.39, 0.29) is 0 Å². The van der Waals surface area contributed by atoms with Crippen molar-refractivity contribution >= 4 is 0 Å². The summed E-state index contributed by atoms with van der Waals surface area (Å²) in [5.74, 6) is 0. The van der Waals surface area contributed by atoms with E-state index in [2.05, 4.69) is 6.07 Å². The number of nitriles is 1. The largest absolute Gasteiger partial charge is 0.308 e. The highest BCUT2D eigenvalue weighted by Gasteiger charge is 1.83. The van der Waals surface area contributed by atoms with Crippen molar-refractivity contribution in [2.24, 2.45) is 0 Å². The van der Waals surface area contributed by atoms with Crippen LogP contribution in [-0.4, -0.2) is 25.5 Å². The molecule has 2 nitrogen and oxygen atoms in total. The van der Waals surface area contributed by atoms with Gasteiger partial charge in [0.15, 0.2) is 0 Å². The summed E-state index contributed by atoms with van der Waals surface area (Å²) in [5.41, 5.74) is 0. The lowest BCUT2D eigenvalue weighted by molar-refractivity contribution is 0.419. The van der Waals surface area contributed by atoms with E-state index in [0.29, 0.717) is 6.42 Å². The van der Waals surface area contributed by atoms with Gasteiger partial charge in [-0.1, -0.05) is 0 Å². The third-order valence-electron chi connectivity index (χ3n) is 0.671. The minimum atomic E-state index is 0.632. The first-order valence-electron chi connectivity index (χ1n) is 2.29. The van der Waals surface area contributed by atoms with Crippen LogP contribution >= 0.6 is 0 Å². The van der Waals surface area contributed by atoms with Crippen LogP contribution in [0.4, 0.5) is 0 Å². The van der Waals surface area contributed by atoms with Gasteiger partial charge >= 0.3 is 0 Å². The molecular formula is C5H10N2. The van der Waals surface area contributed by atoms with Crippen molar-refractivity contribution in [1.29, 1.82) is 5.26 Å². The fourth-order valence-corrected chi connectivity index (χ4v) is 0.274. The van der Waals surface area contributed by atoms with Crippen molar-refractivity contribution in [2.75, 3.05) is 20.6 Å². The maximum Gasteiger partial charge on any atom is 0.0635 e. The maximum atomic E-state index is 8.04. The quantitative estimate of drug-likeness (QED) is 0.504. The Bertz CT molecular complexity index is 70.6. The van der Waals surface area contributed by atoms with E-state index in [4.69, 9.17) is 5.26 Å². The Balaban J connectivity index is 2.86. The summed E-state index contributed by atoms with van der Waals surface area (Å²) in [6, 6.07) is 2.06. The zero-order valence-electron chi connectivity index (χ0n) is 4.81. The first kappa shape index (κ1) is 6.45. The molecular weight excluding hydrogens is 90.1 g/mol. The Morgan fingerprint density at radius 3 is 2.29 bits per heavy atom. The molecule has 0 aromatic rings. The van der Waals surface area contributed by atoms with Crippen LogP contribution in [0.15, 0.2) is 0 Å². The van der Waals surface area contributed by atoms with Gasteiger partial charge in [-0.25, -0.2) is 0 Å². The predicted molar refractivity (Wildman–Crippen MR) is 28.8 cm³/mol. The molecule has 0 aliphatic rings. The van der Waals surface area contributed by atoms with E-state index < -0.39 is 0 Å². The molecule has 0 aliphatic heterocycles. The van der Waals surface area contributed by atoms with Gasteiger partial charge in [0.1, 0.15) is 0 Å². The highest BCUT2D eigenvalue weighted by Crippen LogP contribution is 1.76. The van der Waals surface area contributed by atoms with Gasteiger partial charge in [0.05, 0.1) is 6.07 Å². The highest BCUT2D eigenvalue weighted by molar-refractivity contribution is 4.69. The second-order valence-corrected chi connectivity index (χ2v) is 1.71. The van der Waals surface area contributed by atoms with E-state index in [1.807, 2.05) is 19.0 Å².